The molecule has 0 aromatic heterocycles. The van der Waals surface area contributed by atoms with Crippen LogP contribution in [0.3, 0.4) is 0 Å². The average molecular weight is 219 g/mol. The highest BCUT2D eigenvalue weighted by atomic mass is 35.5. The molecule has 0 bridgehead atoms. The van der Waals surface area contributed by atoms with Gasteiger partial charge < -0.3 is 9.47 Å². The van der Waals surface area contributed by atoms with Gasteiger partial charge in [0.1, 0.15) is 0 Å². The molecule has 14 heavy (non-hydrogen) atoms. The average Bonchev–Trinajstić information content (AvgIpc) is 2.16. The summed E-state index contributed by atoms with van der Waals surface area (Å²) in [6.07, 6.45) is 0. The molecule has 2 nitrogen and oxygen atoms in total. The Hall–Kier alpha value is -0.960. The minimum atomic E-state index is -0.464. The zero-order chi connectivity index (χ0) is 10.7. The molecule has 1 atom stereocenters. The van der Waals surface area contributed by atoms with E-state index in [1.54, 1.807) is 13.0 Å². The van der Waals surface area contributed by atoms with Crippen LogP contribution in [-0.4, -0.2) is 14.2 Å². The second-order valence-electron chi connectivity index (χ2n) is 2.85. The molecule has 0 fully saturated rings. The fourth-order valence-corrected chi connectivity index (χ4v) is 1.29. The van der Waals surface area contributed by atoms with E-state index in [1.165, 1.54) is 20.3 Å². The first-order valence-electron chi connectivity index (χ1n) is 4.15. The molecular weight excluding hydrogens is 207 g/mol. The number of rotatable bonds is 3. The third-order valence-electron chi connectivity index (χ3n) is 1.92. The van der Waals surface area contributed by atoms with Crippen LogP contribution in [0, 0.1) is 5.82 Å². The van der Waals surface area contributed by atoms with E-state index in [9.17, 15) is 4.39 Å². The van der Waals surface area contributed by atoms with Crippen LogP contribution in [0.15, 0.2) is 12.1 Å². The van der Waals surface area contributed by atoms with Crippen molar-refractivity contribution in [2.45, 2.75) is 12.3 Å². The SMILES string of the molecule is COc1cc(C(C)Cl)cc(F)c1OC. The van der Waals surface area contributed by atoms with E-state index < -0.39 is 5.82 Å². The molecule has 0 spiro atoms. The lowest BCUT2D eigenvalue weighted by atomic mass is 10.1. The molecule has 0 amide bonds. The van der Waals surface area contributed by atoms with Crippen molar-refractivity contribution >= 4 is 11.6 Å². The van der Waals surface area contributed by atoms with Crippen LogP contribution in [0.25, 0.3) is 0 Å². The van der Waals surface area contributed by atoms with E-state index in [0.717, 1.165) is 0 Å². The summed E-state index contributed by atoms with van der Waals surface area (Å²) in [5, 5.41) is -0.260. The summed E-state index contributed by atoms with van der Waals surface area (Å²) in [4.78, 5) is 0. The van der Waals surface area contributed by atoms with Gasteiger partial charge in [0, 0.05) is 0 Å². The number of alkyl halides is 1. The Bertz CT molecular complexity index is 326. The van der Waals surface area contributed by atoms with E-state index in [2.05, 4.69) is 0 Å². The van der Waals surface area contributed by atoms with Crippen molar-refractivity contribution in [3.8, 4) is 11.5 Å². The highest BCUT2D eigenvalue weighted by molar-refractivity contribution is 6.20. The summed E-state index contributed by atoms with van der Waals surface area (Å²) in [5.41, 5.74) is 0.668. The van der Waals surface area contributed by atoms with Crippen molar-refractivity contribution in [3.05, 3.63) is 23.5 Å². The van der Waals surface area contributed by atoms with Gasteiger partial charge in [-0.05, 0) is 24.6 Å². The predicted octanol–water partition coefficient (Wildman–Crippen LogP) is 3.14. The Kier molecular flexibility index (Phi) is 3.58. The van der Waals surface area contributed by atoms with Gasteiger partial charge in [-0.2, -0.15) is 0 Å². The number of hydrogen-bond donors (Lipinski definition) is 0. The molecule has 0 aliphatic carbocycles. The minimum absolute atomic E-state index is 0.105. The van der Waals surface area contributed by atoms with Gasteiger partial charge in [-0.25, -0.2) is 4.39 Å². The zero-order valence-corrected chi connectivity index (χ0v) is 9.06. The quantitative estimate of drug-likeness (QED) is 0.726. The molecule has 1 rings (SSSR count). The van der Waals surface area contributed by atoms with E-state index in [1.807, 2.05) is 0 Å². The monoisotopic (exact) mass is 218 g/mol. The van der Waals surface area contributed by atoms with Crippen molar-refractivity contribution in [3.63, 3.8) is 0 Å². The molecule has 4 heteroatoms. The van der Waals surface area contributed by atoms with Crippen LogP contribution in [-0.2, 0) is 0 Å². The largest absolute Gasteiger partial charge is 0.493 e. The molecule has 0 aliphatic rings. The fraction of sp³-hybridized carbons (Fsp3) is 0.400. The number of benzene rings is 1. The van der Waals surface area contributed by atoms with Gasteiger partial charge in [-0.3, -0.25) is 0 Å². The van der Waals surface area contributed by atoms with Gasteiger partial charge in [0.15, 0.2) is 17.3 Å². The normalized spacial score (nSPS) is 12.4. The fourth-order valence-electron chi connectivity index (χ4n) is 1.17. The molecule has 78 valence electrons. The lowest BCUT2D eigenvalue weighted by Gasteiger charge is -2.11. The molecule has 1 aromatic carbocycles. The van der Waals surface area contributed by atoms with Crippen LogP contribution in [0.4, 0.5) is 4.39 Å². The van der Waals surface area contributed by atoms with Gasteiger partial charge in [0.2, 0.25) is 0 Å². The Morgan fingerprint density at radius 3 is 2.36 bits per heavy atom. The van der Waals surface area contributed by atoms with E-state index in [4.69, 9.17) is 21.1 Å². The lowest BCUT2D eigenvalue weighted by Crippen LogP contribution is -1.96. The van der Waals surface area contributed by atoms with Crippen molar-refractivity contribution in [1.29, 1.82) is 0 Å². The lowest BCUT2D eigenvalue weighted by molar-refractivity contribution is 0.337. The van der Waals surface area contributed by atoms with Crippen LogP contribution < -0.4 is 9.47 Å². The first kappa shape index (κ1) is 11.1. The van der Waals surface area contributed by atoms with Crippen LogP contribution >= 0.6 is 11.6 Å². The van der Waals surface area contributed by atoms with Gasteiger partial charge >= 0.3 is 0 Å². The molecule has 1 unspecified atom stereocenters. The summed E-state index contributed by atoms with van der Waals surface area (Å²) in [5.74, 6) is -0.00193. The summed E-state index contributed by atoms with van der Waals surface area (Å²) in [6, 6.07) is 3.01. The second kappa shape index (κ2) is 4.51. The summed E-state index contributed by atoms with van der Waals surface area (Å²) in [7, 11) is 2.85. The Balaban J connectivity index is 3.24. The highest BCUT2D eigenvalue weighted by Gasteiger charge is 2.14. The van der Waals surface area contributed by atoms with E-state index >= 15 is 0 Å². The zero-order valence-electron chi connectivity index (χ0n) is 8.30. The molecule has 0 heterocycles. The Morgan fingerprint density at radius 1 is 1.29 bits per heavy atom. The molecule has 0 N–H and O–H groups in total. The van der Waals surface area contributed by atoms with Crippen molar-refractivity contribution in [2.24, 2.45) is 0 Å². The smallest absolute Gasteiger partial charge is 0.196 e. The molecular formula is C10H12ClFO2. The number of ether oxygens (including phenoxy) is 2. The number of halogens is 2. The maximum absolute atomic E-state index is 13.4. The number of methoxy groups -OCH3 is 2. The maximum atomic E-state index is 13.4. The van der Waals surface area contributed by atoms with Crippen LogP contribution in [0.5, 0.6) is 11.5 Å². The highest BCUT2D eigenvalue weighted by Crippen LogP contribution is 2.34. The maximum Gasteiger partial charge on any atom is 0.196 e. The molecule has 0 saturated heterocycles. The molecule has 0 aliphatic heterocycles. The van der Waals surface area contributed by atoms with E-state index in [0.29, 0.717) is 11.3 Å². The van der Waals surface area contributed by atoms with Gasteiger partial charge in [0.05, 0.1) is 19.6 Å². The second-order valence-corrected chi connectivity index (χ2v) is 3.51. The third kappa shape index (κ3) is 2.10. The summed E-state index contributed by atoms with van der Waals surface area (Å²) >= 11 is 5.84. The standard InChI is InChI=1S/C10H12ClFO2/c1-6(11)7-4-8(12)10(14-3)9(5-7)13-2/h4-6H,1-3H3. The summed E-state index contributed by atoms with van der Waals surface area (Å²) in [6.45, 7) is 1.77. The van der Waals surface area contributed by atoms with Gasteiger partial charge in [-0.1, -0.05) is 0 Å². The number of hydrogen-bond acceptors (Lipinski definition) is 2. The van der Waals surface area contributed by atoms with Crippen LogP contribution in [0.1, 0.15) is 17.9 Å². The van der Waals surface area contributed by atoms with E-state index in [-0.39, 0.29) is 11.1 Å². The van der Waals surface area contributed by atoms with Crippen molar-refractivity contribution in [2.75, 3.05) is 14.2 Å². The molecule has 0 saturated carbocycles. The van der Waals surface area contributed by atoms with Crippen LogP contribution in [0.2, 0.25) is 0 Å². The third-order valence-corrected chi connectivity index (χ3v) is 2.17. The Labute approximate surface area is 87.6 Å². The Morgan fingerprint density at radius 2 is 1.93 bits per heavy atom. The summed E-state index contributed by atoms with van der Waals surface area (Å²) < 4.78 is 23.2. The predicted molar refractivity (Wildman–Crippen MR) is 53.8 cm³/mol. The topological polar surface area (TPSA) is 18.5 Å². The van der Waals surface area contributed by atoms with Crippen molar-refractivity contribution < 1.29 is 13.9 Å². The first-order chi connectivity index (χ1) is 6.60. The first-order valence-corrected chi connectivity index (χ1v) is 4.59. The molecule has 1 aromatic rings. The van der Waals surface area contributed by atoms with Gasteiger partial charge in [0.25, 0.3) is 0 Å². The van der Waals surface area contributed by atoms with Gasteiger partial charge in [-0.15, -0.1) is 11.6 Å². The molecule has 0 radical (unpaired) electrons. The minimum Gasteiger partial charge on any atom is -0.493 e. The van der Waals surface area contributed by atoms with Crippen molar-refractivity contribution in [1.82, 2.24) is 0 Å².